The smallest absolute Gasteiger partial charge is 0.113 e. The maximum Gasteiger partial charge on any atom is 0.113 e. The van der Waals surface area contributed by atoms with E-state index in [1.54, 1.807) is 0 Å². The van der Waals surface area contributed by atoms with E-state index < -0.39 is 0 Å². The van der Waals surface area contributed by atoms with Crippen LogP contribution in [-0.4, -0.2) is 16.1 Å². The molecule has 1 aliphatic rings. The summed E-state index contributed by atoms with van der Waals surface area (Å²) in [6.45, 7) is 5.25. The van der Waals surface area contributed by atoms with Crippen LogP contribution in [0, 0.1) is 0 Å². The fraction of sp³-hybridized carbons (Fsp3) is 0.400. The Bertz CT molecular complexity index is 542. The van der Waals surface area contributed by atoms with Crippen LogP contribution in [0.2, 0.25) is 0 Å². The van der Waals surface area contributed by atoms with Crippen molar-refractivity contribution < 1.29 is 0 Å². The highest BCUT2D eigenvalue weighted by Gasteiger charge is 2.13. The van der Waals surface area contributed by atoms with Crippen LogP contribution < -0.4 is 5.32 Å². The Morgan fingerprint density at radius 2 is 2.33 bits per heavy atom. The number of aryl methyl sites for hydroxylation is 1. The van der Waals surface area contributed by atoms with Crippen molar-refractivity contribution in [2.75, 3.05) is 6.54 Å². The van der Waals surface area contributed by atoms with Crippen LogP contribution in [0.25, 0.3) is 0 Å². The molecule has 94 valence electrons. The highest BCUT2D eigenvalue weighted by Crippen LogP contribution is 2.21. The first-order valence-corrected chi connectivity index (χ1v) is 6.69. The number of hydrogen-bond donors (Lipinski definition) is 1. The van der Waals surface area contributed by atoms with E-state index >= 15 is 0 Å². The molecule has 1 aromatic heterocycles. The Hall–Kier alpha value is -1.61. The molecule has 0 aliphatic carbocycles. The predicted octanol–water partition coefficient (Wildman–Crippen LogP) is 2.14. The van der Waals surface area contributed by atoms with Crippen molar-refractivity contribution in [2.45, 2.75) is 32.9 Å². The zero-order valence-corrected chi connectivity index (χ0v) is 10.8. The molecular weight excluding hydrogens is 222 g/mol. The minimum atomic E-state index is 0.948. The van der Waals surface area contributed by atoms with Crippen molar-refractivity contribution in [3.63, 3.8) is 0 Å². The summed E-state index contributed by atoms with van der Waals surface area (Å²) in [5, 5.41) is 3.43. The molecule has 1 N–H and O–H groups in total. The maximum atomic E-state index is 4.48. The van der Waals surface area contributed by atoms with Crippen molar-refractivity contribution in [1.29, 1.82) is 0 Å². The van der Waals surface area contributed by atoms with Crippen LogP contribution >= 0.6 is 0 Å². The van der Waals surface area contributed by atoms with Crippen molar-refractivity contribution in [2.24, 2.45) is 0 Å². The lowest BCUT2D eigenvalue weighted by atomic mass is 9.94. The molecule has 0 saturated carbocycles. The molecule has 3 rings (SSSR count). The molecule has 0 radical (unpaired) electrons. The van der Waals surface area contributed by atoms with Crippen molar-refractivity contribution in [3.8, 4) is 0 Å². The summed E-state index contributed by atoms with van der Waals surface area (Å²) in [5.41, 5.74) is 4.42. The van der Waals surface area contributed by atoms with Crippen LogP contribution in [0.15, 0.2) is 30.6 Å². The molecule has 1 aromatic carbocycles. The van der Waals surface area contributed by atoms with Crippen molar-refractivity contribution in [1.82, 2.24) is 14.9 Å². The molecule has 2 heterocycles. The van der Waals surface area contributed by atoms with Gasteiger partial charge >= 0.3 is 0 Å². The topological polar surface area (TPSA) is 29.9 Å². The Morgan fingerprint density at radius 3 is 3.22 bits per heavy atom. The van der Waals surface area contributed by atoms with E-state index in [4.69, 9.17) is 0 Å². The lowest BCUT2D eigenvalue weighted by Crippen LogP contribution is -2.24. The van der Waals surface area contributed by atoms with E-state index in [0.717, 1.165) is 32.5 Å². The van der Waals surface area contributed by atoms with Gasteiger partial charge < -0.3 is 9.88 Å². The van der Waals surface area contributed by atoms with Crippen LogP contribution in [0.1, 0.15) is 29.4 Å². The standard InChI is InChI=1S/C15H19N3/c1-2-18-9-8-17-15(18)10-12-4-3-5-13-11-16-7-6-14(12)13/h3-5,8-9,16H,2,6-7,10-11H2,1H3. The van der Waals surface area contributed by atoms with Gasteiger partial charge in [0.2, 0.25) is 0 Å². The zero-order chi connectivity index (χ0) is 12.4. The predicted molar refractivity (Wildman–Crippen MR) is 72.6 cm³/mol. The Kier molecular flexibility index (Phi) is 3.15. The van der Waals surface area contributed by atoms with E-state index in [9.17, 15) is 0 Å². The fourth-order valence-corrected chi connectivity index (χ4v) is 2.74. The third kappa shape index (κ3) is 2.06. The first-order valence-electron chi connectivity index (χ1n) is 6.69. The van der Waals surface area contributed by atoms with Gasteiger partial charge in [0.05, 0.1) is 0 Å². The van der Waals surface area contributed by atoms with E-state index in [0.29, 0.717) is 0 Å². The van der Waals surface area contributed by atoms with Gasteiger partial charge in [-0.1, -0.05) is 18.2 Å². The Labute approximate surface area is 108 Å². The first kappa shape index (κ1) is 11.5. The fourth-order valence-electron chi connectivity index (χ4n) is 2.74. The average Bonchev–Trinajstić information content (AvgIpc) is 2.86. The Morgan fingerprint density at radius 1 is 1.39 bits per heavy atom. The highest BCUT2D eigenvalue weighted by atomic mass is 15.0. The molecule has 0 bridgehead atoms. The molecule has 0 spiro atoms. The minimum absolute atomic E-state index is 0.948. The highest BCUT2D eigenvalue weighted by molar-refractivity contribution is 5.38. The van der Waals surface area contributed by atoms with Gasteiger partial charge in [-0.3, -0.25) is 0 Å². The van der Waals surface area contributed by atoms with Gasteiger partial charge in [-0.05, 0) is 36.6 Å². The molecule has 0 saturated heterocycles. The van der Waals surface area contributed by atoms with Gasteiger partial charge in [-0.15, -0.1) is 0 Å². The van der Waals surface area contributed by atoms with Crippen molar-refractivity contribution >= 4 is 0 Å². The van der Waals surface area contributed by atoms with Gasteiger partial charge in [0.1, 0.15) is 5.82 Å². The Balaban J connectivity index is 1.93. The molecule has 0 atom stereocenters. The summed E-state index contributed by atoms with van der Waals surface area (Å²) in [4.78, 5) is 4.48. The average molecular weight is 241 g/mol. The SMILES string of the molecule is CCn1ccnc1Cc1cccc2c1CCNC2. The second-order valence-corrected chi connectivity index (χ2v) is 4.79. The number of rotatable bonds is 3. The molecule has 3 nitrogen and oxygen atoms in total. The summed E-state index contributed by atoms with van der Waals surface area (Å²) in [7, 11) is 0. The van der Waals surface area contributed by atoms with Crippen molar-refractivity contribution in [3.05, 3.63) is 53.1 Å². The normalized spacial score (nSPS) is 14.5. The number of imidazole rings is 1. The summed E-state index contributed by atoms with van der Waals surface area (Å²) in [6.07, 6.45) is 6.05. The van der Waals surface area contributed by atoms with E-state index in [2.05, 4.69) is 46.2 Å². The van der Waals surface area contributed by atoms with Gasteiger partial charge in [0.15, 0.2) is 0 Å². The monoisotopic (exact) mass is 241 g/mol. The number of nitrogens with one attached hydrogen (secondary N) is 1. The second-order valence-electron chi connectivity index (χ2n) is 4.79. The number of hydrogen-bond acceptors (Lipinski definition) is 2. The number of nitrogens with zero attached hydrogens (tertiary/aromatic N) is 2. The quantitative estimate of drug-likeness (QED) is 0.892. The van der Waals surface area contributed by atoms with Gasteiger partial charge in [-0.25, -0.2) is 4.98 Å². The molecule has 0 fully saturated rings. The molecule has 0 unspecified atom stereocenters. The number of benzene rings is 1. The summed E-state index contributed by atoms with van der Waals surface area (Å²) in [6, 6.07) is 6.65. The van der Waals surface area contributed by atoms with E-state index in [1.807, 2.05) is 6.20 Å². The lowest BCUT2D eigenvalue weighted by molar-refractivity contribution is 0.637. The molecule has 18 heavy (non-hydrogen) atoms. The largest absolute Gasteiger partial charge is 0.335 e. The lowest BCUT2D eigenvalue weighted by Gasteiger charge is -2.20. The molecular formula is C15H19N3. The van der Waals surface area contributed by atoms with Gasteiger partial charge in [-0.2, -0.15) is 0 Å². The van der Waals surface area contributed by atoms with Gasteiger partial charge in [0, 0.05) is 31.9 Å². The second kappa shape index (κ2) is 4.94. The zero-order valence-electron chi connectivity index (χ0n) is 10.8. The minimum Gasteiger partial charge on any atom is -0.335 e. The van der Waals surface area contributed by atoms with E-state index in [1.165, 1.54) is 22.5 Å². The van der Waals surface area contributed by atoms with Crippen LogP contribution in [-0.2, 0) is 25.9 Å². The number of fused-ring (bicyclic) bond motifs is 1. The summed E-state index contributed by atoms with van der Waals surface area (Å²) < 4.78 is 2.22. The molecule has 2 aromatic rings. The third-order valence-electron chi connectivity index (χ3n) is 3.73. The molecule has 1 aliphatic heterocycles. The molecule has 3 heteroatoms. The summed E-state index contributed by atoms with van der Waals surface area (Å²) >= 11 is 0. The maximum absolute atomic E-state index is 4.48. The van der Waals surface area contributed by atoms with Crippen LogP contribution in [0.3, 0.4) is 0 Å². The van der Waals surface area contributed by atoms with Crippen LogP contribution in [0.5, 0.6) is 0 Å². The summed E-state index contributed by atoms with van der Waals surface area (Å²) in [5.74, 6) is 1.17. The molecule has 0 amide bonds. The third-order valence-corrected chi connectivity index (χ3v) is 3.73. The van der Waals surface area contributed by atoms with E-state index in [-0.39, 0.29) is 0 Å². The van der Waals surface area contributed by atoms with Gasteiger partial charge in [0.25, 0.3) is 0 Å². The van der Waals surface area contributed by atoms with Crippen LogP contribution in [0.4, 0.5) is 0 Å². The first-order chi connectivity index (χ1) is 8.88. The number of aromatic nitrogens is 2.